The third-order valence-electron chi connectivity index (χ3n) is 3.96. The normalized spacial score (nSPS) is 17.2. The Kier molecular flexibility index (Phi) is 4.10. The second kappa shape index (κ2) is 5.43. The lowest BCUT2D eigenvalue weighted by Gasteiger charge is -2.34. The van der Waals surface area contributed by atoms with E-state index in [-0.39, 0.29) is 5.41 Å². The number of hydrogen-bond donors (Lipinski definition) is 1. The zero-order valence-electron chi connectivity index (χ0n) is 12.2. The number of nitrogens with one attached hydrogen (secondary N) is 1. The maximum Gasteiger partial charge on any atom is 0.0949 e. The predicted molar refractivity (Wildman–Crippen MR) is 75.7 cm³/mol. The Morgan fingerprint density at radius 2 is 2.17 bits per heavy atom. The van der Waals surface area contributed by atoms with Crippen molar-refractivity contribution in [2.75, 3.05) is 13.1 Å². The molecule has 3 heteroatoms. The van der Waals surface area contributed by atoms with Gasteiger partial charge in [0.2, 0.25) is 0 Å². The summed E-state index contributed by atoms with van der Waals surface area (Å²) in [5.41, 5.74) is 1.45. The van der Waals surface area contributed by atoms with E-state index in [1.807, 2.05) is 6.33 Å². The lowest BCUT2D eigenvalue weighted by atomic mass is 9.78. The van der Waals surface area contributed by atoms with Gasteiger partial charge in [-0.1, -0.05) is 27.7 Å². The fraction of sp³-hybridized carbons (Fsp3) is 0.800. The number of rotatable bonds is 6. The van der Waals surface area contributed by atoms with Gasteiger partial charge in [-0.2, -0.15) is 0 Å². The molecule has 1 aliphatic rings. The van der Waals surface area contributed by atoms with Crippen LogP contribution in [0, 0.1) is 11.8 Å². The van der Waals surface area contributed by atoms with Gasteiger partial charge >= 0.3 is 0 Å². The van der Waals surface area contributed by atoms with Crippen LogP contribution in [0.4, 0.5) is 0 Å². The predicted octanol–water partition coefficient (Wildman–Crippen LogP) is 2.82. The number of imidazole rings is 1. The topological polar surface area (TPSA) is 29.9 Å². The van der Waals surface area contributed by atoms with Crippen molar-refractivity contribution in [1.29, 1.82) is 0 Å². The minimum atomic E-state index is 0.204. The fourth-order valence-electron chi connectivity index (χ4n) is 2.56. The van der Waals surface area contributed by atoms with Crippen LogP contribution in [0.25, 0.3) is 0 Å². The maximum absolute atomic E-state index is 4.62. The average molecular weight is 249 g/mol. The summed E-state index contributed by atoms with van der Waals surface area (Å²) >= 11 is 0. The summed E-state index contributed by atoms with van der Waals surface area (Å²) in [5, 5.41) is 3.35. The van der Waals surface area contributed by atoms with E-state index in [0.717, 1.165) is 18.4 Å². The Morgan fingerprint density at radius 1 is 1.44 bits per heavy atom. The first-order chi connectivity index (χ1) is 8.47. The molecule has 0 aromatic carbocycles. The van der Waals surface area contributed by atoms with Gasteiger partial charge in [-0.25, -0.2) is 4.98 Å². The van der Waals surface area contributed by atoms with Crippen molar-refractivity contribution in [3.8, 4) is 0 Å². The molecule has 1 fully saturated rings. The van der Waals surface area contributed by atoms with Crippen LogP contribution in [0.5, 0.6) is 0 Å². The van der Waals surface area contributed by atoms with Crippen molar-refractivity contribution >= 4 is 0 Å². The lowest BCUT2D eigenvalue weighted by Crippen LogP contribution is -2.44. The Labute approximate surface area is 111 Å². The van der Waals surface area contributed by atoms with Crippen molar-refractivity contribution in [2.24, 2.45) is 11.8 Å². The standard InChI is InChI=1S/C15H27N3/c1-12(2)5-6-18-10-14(17-11-18)15(3,4)7-13-8-16-9-13/h10-13,16H,5-9H2,1-4H3. The van der Waals surface area contributed by atoms with E-state index in [4.69, 9.17) is 0 Å². The smallest absolute Gasteiger partial charge is 0.0949 e. The molecular formula is C15H27N3. The molecule has 3 nitrogen and oxygen atoms in total. The zero-order chi connectivity index (χ0) is 13.2. The average Bonchev–Trinajstić information content (AvgIpc) is 2.70. The molecule has 1 aromatic rings. The highest BCUT2D eigenvalue weighted by Crippen LogP contribution is 2.30. The van der Waals surface area contributed by atoms with Gasteiger partial charge in [0.05, 0.1) is 12.0 Å². The molecule has 0 radical (unpaired) electrons. The van der Waals surface area contributed by atoms with E-state index < -0.39 is 0 Å². The molecule has 0 saturated carbocycles. The van der Waals surface area contributed by atoms with Crippen LogP contribution in [-0.4, -0.2) is 22.6 Å². The highest BCUT2D eigenvalue weighted by molar-refractivity contribution is 5.12. The third-order valence-corrected chi connectivity index (χ3v) is 3.96. The van der Waals surface area contributed by atoms with Crippen LogP contribution in [-0.2, 0) is 12.0 Å². The molecule has 1 aliphatic heterocycles. The first-order valence-electron chi connectivity index (χ1n) is 7.20. The monoisotopic (exact) mass is 249 g/mol. The van der Waals surface area contributed by atoms with E-state index in [1.54, 1.807) is 0 Å². The van der Waals surface area contributed by atoms with E-state index in [9.17, 15) is 0 Å². The molecule has 0 amide bonds. The molecular weight excluding hydrogens is 222 g/mol. The van der Waals surface area contributed by atoms with Crippen LogP contribution < -0.4 is 5.32 Å². The highest BCUT2D eigenvalue weighted by Gasteiger charge is 2.30. The second-order valence-electron chi connectivity index (χ2n) is 6.79. The minimum absolute atomic E-state index is 0.204. The zero-order valence-corrected chi connectivity index (χ0v) is 12.2. The van der Waals surface area contributed by atoms with E-state index in [0.29, 0.717) is 0 Å². The van der Waals surface area contributed by atoms with Gasteiger partial charge in [-0.15, -0.1) is 0 Å². The van der Waals surface area contributed by atoms with E-state index in [1.165, 1.54) is 31.6 Å². The molecule has 0 spiro atoms. The van der Waals surface area contributed by atoms with Crippen molar-refractivity contribution in [2.45, 2.75) is 52.5 Å². The van der Waals surface area contributed by atoms with Crippen molar-refractivity contribution in [3.05, 3.63) is 18.2 Å². The molecule has 1 N–H and O–H groups in total. The molecule has 0 unspecified atom stereocenters. The molecule has 1 aromatic heterocycles. The molecule has 18 heavy (non-hydrogen) atoms. The first-order valence-corrected chi connectivity index (χ1v) is 7.20. The fourth-order valence-corrected chi connectivity index (χ4v) is 2.56. The summed E-state index contributed by atoms with van der Waals surface area (Å²) in [5.74, 6) is 1.59. The van der Waals surface area contributed by atoms with Gasteiger partial charge in [-0.05, 0) is 37.8 Å². The molecule has 0 atom stereocenters. The van der Waals surface area contributed by atoms with Crippen LogP contribution >= 0.6 is 0 Å². The summed E-state index contributed by atoms with van der Waals surface area (Å²) in [7, 11) is 0. The number of nitrogens with zero attached hydrogens (tertiary/aromatic N) is 2. The van der Waals surface area contributed by atoms with Gasteiger partial charge in [-0.3, -0.25) is 0 Å². The van der Waals surface area contributed by atoms with Crippen molar-refractivity contribution in [3.63, 3.8) is 0 Å². The summed E-state index contributed by atoms with van der Waals surface area (Å²) in [4.78, 5) is 4.62. The van der Waals surface area contributed by atoms with Gasteiger partial charge in [0.15, 0.2) is 0 Å². The van der Waals surface area contributed by atoms with Gasteiger partial charge in [0, 0.05) is 18.2 Å². The third kappa shape index (κ3) is 3.35. The molecule has 2 rings (SSSR count). The Bertz CT molecular complexity index is 375. The quantitative estimate of drug-likeness (QED) is 0.840. The molecule has 1 saturated heterocycles. The Balaban J connectivity index is 1.94. The second-order valence-corrected chi connectivity index (χ2v) is 6.79. The van der Waals surface area contributed by atoms with Crippen LogP contribution in [0.15, 0.2) is 12.5 Å². The van der Waals surface area contributed by atoms with Crippen LogP contribution in [0.1, 0.15) is 46.2 Å². The summed E-state index contributed by atoms with van der Waals surface area (Å²) < 4.78 is 2.25. The van der Waals surface area contributed by atoms with Crippen molar-refractivity contribution in [1.82, 2.24) is 14.9 Å². The summed E-state index contributed by atoms with van der Waals surface area (Å²) in [6.45, 7) is 12.6. The first kappa shape index (κ1) is 13.6. The number of hydrogen-bond acceptors (Lipinski definition) is 2. The molecule has 102 valence electrons. The number of aromatic nitrogens is 2. The van der Waals surface area contributed by atoms with Crippen molar-refractivity contribution < 1.29 is 0 Å². The van der Waals surface area contributed by atoms with Crippen LogP contribution in [0.3, 0.4) is 0 Å². The van der Waals surface area contributed by atoms with Gasteiger partial charge < -0.3 is 9.88 Å². The van der Waals surface area contributed by atoms with E-state index >= 15 is 0 Å². The SMILES string of the molecule is CC(C)CCn1cnc(C(C)(C)CC2CNC2)c1. The van der Waals surface area contributed by atoms with Crippen LogP contribution in [0.2, 0.25) is 0 Å². The summed E-state index contributed by atoms with van der Waals surface area (Å²) in [6.07, 6.45) is 6.71. The molecule has 2 heterocycles. The molecule has 0 aliphatic carbocycles. The number of aryl methyl sites for hydroxylation is 1. The summed E-state index contributed by atoms with van der Waals surface area (Å²) in [6, 6.07) is 0. The minimum Gasteiger partial charge on any atom is -0.337 e. The Hall–Kier alpha value is -0.830. The maximum atomic E-state index is 4.62. The largest absolute Gasteiger partial charge is 0.337 e. The van der Waals surface area contributed by atoms with E-state index in [2.05, 4.69) is 48.8 Å². The highest BCUT2D eigenvalue weighted by atomic mass is 15.0. The van der Waals surface area contributed by atoms with Gasteiger partial charge in [0.1, 0.15) is 0 Å². The Morgan fingerprint density at radius 3 is 2.72 bits per heavy atom. The lowest BCUT2D eigenvalue weighted by molar-refractivity contribution is 0.265. The molecule has 0 bridgehead atoms. The van der Waals surface area contributed by atoms with Gasteiger partial charge in [0.25, 0.3) is 0 Å².